The van der Waals surface area contributed by atoms with Gasteiger partial charge in [0.05, 0.1) is 11.4 Å². The van der Waals surface area contributed by atoms with Crippen molar-refractivity contribution in [2.24, 2.45) is 11.0 Å². The van der Waals surface area contributed by atoms with Gasteiger partial charge in [-0.15, -0.1) is 11.3 Å². The number of hydrogen-bond donors (Lipinski definition) is 1. The maximum atomic E-state index is 12.7. The summed E-state index contributed by atoms with van der Waals surface area (Å²) in [5, 5.41) is 17.7. The molecule has 2 heterocycles. The third kappa shape index (κ3) is 3.49. The minimum absolute atomic E-state index is 0.0101. The number of thiazole rings is 1. The number of fused-ring (bicyclic) bond motifs is 1. The van der Waals surface area contributed by atoms with E-state index in [1.54, 1.807) is 17.1 Å². The second-order valence-corrected chi connectivity index (χ2v) is 8.03. The quantitative estimate of drug-likeness (QED) is 0.594. The average Bonchev–Trinajstić information content (AvgIpc) is 3.45. The van der Waals surface area contributed by atoms with E-state index in [1.165, 1.54) is 16.7 Å². The van der Waals surface area contributed by atoms with Gasteiger partial charge in [0.25, 0.3) is 0 Å². The Hall–Kier alpha value is -3.84. The third-order valence-corrected chi connectivity index (χ3v) is 6.10. The molecule has 1 N–H and O–H groups in total. The Balaban J connectivity index is 1.47. The van der Waals surface area contributed by atoms with Gasteiger partial charge in [0.15, 0.2) is 11.5 Å². The highest BCUT2D eigenvalue weighted by atomic mass is 32.1. The molecular weight excluding hydrogens is 410 g/mol. The Kier molecular flexibility index (Phi) is 4.80. The summed E-state index contributed by atoms with van der Waals surface area (Å²) in [4.78, 5) is 28.1. The number of carbonyl (C=O) groups is 2. The van der Waals surface area contributed by atoms with Crippen molar-refractivity contribution in [1.29, 1.82) is 0 Å². The van der Waals surface area contributed by atoms with Crippen molar-refractivity contribution in [3.05, 3.63) is 106 Å². The van der Waals surface area contributed by atoms with Crippen molar-refractivity contribution in [2.75, 3.05) is 5.01 Å². The second kappa shape index (κ2) is 7.77. The number of anilines is 1. The van der Waals surface area contributed by atoms with Gasteiger partial charge in [0, 0.05) is 22.4 Å². The first kappa shape index (κ1) is 19.1. The number of aromatic nitrogens is 1. The lowest BCUT2D eigenvalue weighted by Gasteiger charge is -2.19. The van der Waals surface area contributed by atoms with Crippen LogP contribution in [0.25, 0.3) is 0 Å². The van der Waals surface area contributed by atoms with Gasteiger partial charge in [-0.3, -0.25) is 4.79 Å². The van der Waals surface area contributed by atoms with Crippen molar-refractivity contribution < 1.29 is 14.7 Å². The van der Waals surface area contributed by atoms with Gasteiger partial charge in [-0.25, -0.2) is 14.8 Å². The highest BCUT2D eigenvalue weighted by Crippen LogP contribution is 2.38. The molecule has 3 aromatic rings. The fraction of sp³-hybridized carbons (Fsp3) is 0.0833. The van der Waals surface area contributed by atoms with Crippen molar-refractivity contribution in [3.63, 3.8) is 0 Å². The van der Waals surface area contributed by atoms with Gasteiger partial charge in [-0.1, -0.05) is 66.7 Å². The van der Waals surface area contributed by atoms with E-state index in [0.717, 1.165) is 23.4 Å². The molecule has 5 rings (SSSR count). The van der Waals surface area contributed by atoms with E-state index >= 15 is 0 Å². The Bertz CT molecular complexity index is 1260. The summed E-state index contributed by atoms with van der Waals surface area (Å²) in [5.41, 5.74) is 4.05. The van der Waals surface area contributed by atoms with E-state index in [9.17, 15) is 14.7 Å². The molecule has 1 aromatic heterocycles. The molecule has 7 heteroatoms. The first-order chi connectivity index (χ1) is 15.1. The largest absolute Gasteiger partial charge is 0.476 e. The molecule has 31 heavy (non-hydrogen) atoms. The molecule has 0 amide bonds. The van der Waals surface area contributed by atoms with Crippen molar-refractivity contribution in [1.82, 2.24) is 4.98 Å². The molecule has 152 valence electrons. The monoisotopic (exact) mass is 427 g/mol. The minimum Gasteiger partial charge on any atom is -0.476 e. The van der Waals surface area contributed by atoms with Crippen LogP contribution in [0.2, 0.25) is 0 Å². The van der Waals surface area contributed by atoms with Crippen LogP contribution in [0.5, 0.6) is 0 Å². The highest BCUT2D eigenvalue weighted by molar-refractivity contribution is 7.14. The molecular formula is C24H17N3O3S. The molecule has 1 aliphatic heterocycles. The molecule has 0 fully saturated rings. The van der Waals surface area contributed by atoms with Crippen LogP contribution in [0.3, 0.4) is 0 Å². The Morgan fingerprint density at radius 1 is 1.03 bits per heavy atom. The van der Waals surface area contributed by atoms with Crippen LogP contribution in [-0.4, -0.2) is 27.6 Å². The second-order valence-electron chi connectivity index (χ2n) is 7.20. The smallest absolute Gasteiger partial charge is 0.355 e. The van der Waals surface area contributed by atoms with Gasteiger partial charge >= 0.3 is 5.97 Å². The Morgan fingerprint density at radius 3 is 2.48 bits per heavy atom. The maximum absolute atomic E-state index is 12.7. The van der Waals surface area contributed by atoms with Crippen LogP contribution in [0, 0.1) is 5.92 Å². The van der Waals surface area contributed by atoms with Crippen molar-refractivity contribution in [2.45, 2.75) is 6.42 Å². The molecule has 1 atom stereocenters. The fourth-order valence-corrected chi connectivity index (χ4v) is 4.51. The first-order valence-electron chi connectivity index (χ1n) is 9.76. The summed E-state index contributed by atoms with van der Waals surface area (Å²) >= 11 is 1.25. The molecule has 0 saturated carbocycles. The Labute approximate surface area is 182 Å². The van der Waals surface area contributed by atoms with E-state index in [-0.39, 0.29) is 17.4 Å². The molecule has 2 aromatic carbocycles. The SMILES string of the molecule is O=C(c1ccccc1)c1ccc(C2=NN(c3nc(C(=O)O)cs3)C3=CC=CCC32)cc1. The molecule has 0 spiro atoms. The van der Waals surface area contributed by atoms with Gasteiger partial charge in [-0.2, -0.15) is 5.10 Å². The van der Waals surface area contributed by atoms with Gasteiger partial charge in [0.1, 0.15) is 0 Å². The van der Waals surface area contributed by atoms with E-state index in [0.29, 0.717) is 16.3 Å². The van der Waals surface area contributed by atoms with Gasteiger partial charge in [0.2, 0.25) is 5.13 Å². The van der Waals surface area contributed by atoms with Crippen LogP contribution in [0.4, 0.5) is 5.13 Å². The number of nitrogens with zero attached hydrogens (tertiary/aromatic N) is 3. The molecule has 0 bridgehead atoms. The van der Waals surface area contributed by atoms with Crippen molar-refractivity contribution >= 4 is 33.9 Å². The summed E-state index contributed by atoms with van der Waals surface area (Å²) in [6.45, 7) is 0. The number of allylic oxidation sites excluding steroid dienone is 4. The zero-order valence-electron chi connectivity index (χ0n) is 16.3. The van der Waals surface area contributed by atoms with Crippen LogP contribution in [0.15, 0.2) is 89.0 Å². The van der Waals surface area contributed by atoms with Crippen molar-refractivity contribution in [3.8, 4) is 0 Å². The zero-order chi connectivity index (χ0) is 21.4. The molecule has 0 radical (unpaired) electrons. The average molecular weight is 427 g/mol. The number of aromatic carboxylic acids is 1. The van der Waals surface area contributed by atoms with E-state index < -0.39 is 5.97 Å². The van der Waals surface area contributed by atoms with Crippen LogP contribution >= 0.6 is 11.3 Å². The number of hydrogen-bond acceptors (Lipinski definition) is 6. The van der Waals surface area contributed by atoms with E-state index in [4.69, 9.17) is 5.10 Å². The predicted octanol–water partition coefficient (Wildman–Crippen LogP) is 4.76. The number of ketones is 1. The summed E-state index contributed by atoms with van der Waals surface area (Å²) in [7, 11) is 0. The van der Waals surface area contributed by atoms with Crippen LogP contribution in [-0.2, 0) is 0 Å². The van der Waals surface area contributed by atoms with Gasteiger partial charge in [-0.05, 0) is 18.1 Å². The summed E-state index contributed by atoms with van der Waals surface area (Å²) < 4.78 is 0. The molecule has 1 aliphatic carbocycles. The molecule has 2 aliphatic rings. The normalized spacial score (nSPS) is 17.2. The first-order valence-corrected chi connectivity index (χ1v) is 10.6. The zero-order valence-corrected chi connectivity index (χ0v) is 17.1. The third-order valence-electron chi connectivity index (χ3n) is 5.29. The number of carbonyl (C=O) groups excluding carboxylic acids is 1. The number of rotatable bonds is 5. The number of hydrazone groups is 1. The lowest BCUT2D eigenvalue weighted by Crippen LogP contribution is -2.18. The molecule has 0 saturated heterocycles. The highest BCUT2D eigenvalue weighted by Gasteiger charge is 2.35. The summed E-state index contributed by atoms with van der Waals surface area (Å²) in [6, 6.07) is 16.7. The minimum atomic E-state index is -1.06. The standard InChI is InChI=1S/C24H17N3O3S/c28-22(16-6-2-1-3-7-16)17-12-10-15(11-13-17)21-18-8-4-5-9-20(18)27(26-21)24-25-19(14-31-24)23(29)30/h1-7,9-14,18H,8H2,(H,29,30). The van der Waals surface area contributed by atoms with Crippen LogP contribution in [0.1, 0.15) is 38.4 Å². The van der Waals surface area contributed by atoms with Gasteiger partial charge < -0.3 is 5.11 Å². The molecule has 6 nitrogen and oxygen atoms in total. The lowest BCUT2D eigenvalue weighted by molar-refractivity contribution is 0.0691. The molecule has 1 unspecified atom stereocenters. The topological polar surface area (TPSA) is 82.9 Å². The summed E-state index contributed by atoms with van der Waals surface area (Å²) in [6.07, 6.45) is 6.85. The maximum Gasteiger partial charge on any atom is 0.355 e. The predicted molar refractivity (Wildman–Crippen MR) is 120 cm³/mol. The van der Waals surface area contributed by atoms with E-state index in [1.807, 2.05) is 54.6 Å². The number of carboxylic acids is 1. The van der Waals surface area contributed by atoms with E-state index in [2.05, 4.69) is 11.1 Å². The fourth-order valence-electron chi connectivity index (χ4n) is 3.74. The summed E-state index contributed by atoms with van der Waals surface area (Å²) in [5.74, 6) is -1.02. The number of benzene rings is 2. The lowest BCUT2D eigenvalue weighted by atomic mass is 9.88. The number of carboxylic acid groups (broad SMARTS) is 1. The Morgan fingerprint density at radius 2 is 1.77 bits per heavy atom. The van der Waals surface area contributed by atoms with Crippen LogP contribution < -0.4 is 5.01 Å².